The Morgan fingerprint density at radius 2 is 1.32 bits per heavy atom. The van der Waals surface area contributed by atoms with Crippen LogP contribution in [0.15, 0.2) is 54.6 Å². The summed E-state index contributed by atoms with van der Waals surface area (Å²) >= 11 is 0. The van der Waals surface area contributed by atoms with E-state index < -0.39 is 0 Å². The molecular weight excluding hydrogens is 354 g/mol. The van der Waals surface area contributed by atoms with Crippen molar-refractivity contribution >= 4 is 0 Å². The first-order valence-electron chi connectivity index (χ1n) is 6.35. The maximum absolute atomic E-state index is 2.27. The molecule has 0 saturated heterocycles. The first-order valence-corrected chi connectivity index (χ1v) is 6.35. The van der Waals surface area contributed by atoms with Crippen LogP contribution in [0, 0.1) is 0 Å². The number of halogens is 2. The van der Waals surface area contributed by atoms with E-state index in [0.29, 0.717) is 0 Å². The summed E-state index contributed by atoms with van der Waals surface area (Å²) in [5, 5.41) is 0. The van der Waals surface area contributed by atoms with Crippen LogP contribution in [0.4, 0.5) is 0 Å². The fourth-order valence-electron chi connectivity index (χ4n) is 2.42. The van der Waals surface area contributed by atoms with Gasteiger partial charge in [0.25, 0.3) is 0 Å². The van der Waals surface area contributed by atoms with E-state index in [9.17, 15) is 0 Å². The zero-order chi connectivity index (χ0) is 11.1. The van der Waals surface area contributed by atoms with Crippen molar-refractivity contribution in [2.75, 3.05) is 0 Å². The largest absolute Gasteiger partial charge is 4.00 e. The molecule has 0 amide bonds. The first kappa shape index (κ1) is 21.5. The molecule has 0 atom stereocenters. The van der Waals surface area contributed by atoms with Gasteiger partial charge in [0.2, 0.25) is 0 Å². The summed E-state index contributed by atoms with van der Waals surface area (Å²) in [7, 11) is 0. The van der Waals surface area contributed by atoms with Crippen molar-refractivity contribution < 1.29 is 51.0 Å². The molecule has 3 rings (SSSR count). The normalized spacial score (nSPS) is 13.9. The van der Waals surface area contributed by atoms with Crippen LogP contribution >= 0.6 is 0 Å². The fourth-order valence-corrected chi connectivity index (χ4v) is 2.42. The zero-order valence-electron chi connectivity index (χ0n) is 11.1. The molecule has 2 aromatic rings. The summed E-state index contributed by atoms with van der Waals surface area (Å²) in [5.74, 6) is 0.888. The monoisotopic (exact) mass is 372 g/mol. The predicted octanol–water partition coefficient (Wildman–Crippen LogP) is -1.14. The van der Waals surface area contributed by atoms with Gasteiger partial charge in [-0.15, -0.1) is 0 Å². The molecule has 3 heteroatoms. The summed E-state index contributed by atoms with van der Waals surface area (Å²) < 4.78 is 0. The molecule has 0 radical (unpaired) electrons. The van der Waals surface area contributed by atoms with E-state index in [-0.39, 0.29) is 51.0 Å². The number of hydrogen-bond acceptors (Lipinski definition) is 0. The van der Waals surface area contributed by atoms with Crippen LogP contribution in [0.25, 0.3) is 0 Å². The molecule has 0 nitrogen and oxygen atoms in total. The molecule has 1 aliphatic rings. The van der Waals surface area contributed by atoms with Gasteiger partial charge in [-0.2, -0.15) is 35.9 Å². The molecule has 1 fully saturated rings. The van der Waals surface area contributed by atoms with Gasteiger partial charge in [-0.25, -0.2) is 24.3 Å². The Bertz CT molecular complexity index is 331. The molecule has 19 heavy (non-hydrogen) atoms. The maximum atomic E-state index is 2.27. The Kier molecular flexibility index (Phi) is 14.9. The van der Waals surface area contributed by atoms with Crippen LogP contribution in [0.5, 0.6) is 0 Å². The van der Waals surface area contributed by atoms with Gasteiger partial charge in [0.05, 0.1) is 0 Å². The second-order valence-corrected chi connectivity index (χ2v) is 4.52. The SMILES string of the molecule is [Cl-].[Cl-].[Zr+4].c1cc[c-](C2CCCCC2)c1.c1cc[cH-]c1. The third-order valence-electron chi connectivity index (χ3n) is 3.32. The summed E-state index contributed by atoms with van der Waals surface area (Å²) in [5.41, 5.74) is 1.57. The maximum Gasteiger partial charge on any atom is 4.00 e. The minimum Gasteiger partial charge on any atom is -1.00 e. The minimum absolute atomic E-state index is 0. The van der Waals surface area contributed by atoms with Crippen LogP contribution in [0.2, 0.25) is 0 Å². The van der Waals surface area contributed by atoms with E-state index in [2.05, 4.69) is 24.3 Å². The van der Waals surface area contributed by atoms with E-state index in [1.54, 1.807) is 5.56 Å². The van der Waals surface area contributed by atoms with Crippen molar-refractivity contribution in [1.29, 1.82) is 0 Å². The van der Waals surface area contributed by atoms with Gasteiger partial charge in [-0.05, 0) is 0 Å². The van der Waals surface area contributed by atoms with E-state index >= 15 is 0 Å². The quantitative estimate of drug-likeness (QED) is 0.554. The summed E-state index contributed by atoms with van der Waals surface area (Å²) in [6.45, 7) is 0. The Balaban J connectivity index is 0. The minimum atomic E-state index is 0. The van der Waals surface area contributed by atoms with E-state index in [1.807, 2.05) is 30.3 Å². The molecule has 0 aromatic heterocycles. The second kappa shape index (κ2) is 13.2. The third-order valence-corrected chi connectivity index (χ3v) is 3.32. The van der Waals surface area contributed by atoms with Crippen LogP contribution in [0.1, 0.15) is 43.6 Å². The van der Waals surface area contributed by atoms with Gasteiger partial charge in [0.15, 0.2) is 0 Å². The Morgan fingerprint density at radius 1 is 0.789 bits per heavy atom. The zero-order valence-corrected chi connectivity index (χ0v) is 15.0. The molecule has 102 valence electrons. The molecule has 0 N–H and O–H groups in total. The molecule has 0 bridgehead atoms. The molecule has 1 aliphatic carbocycles. The fraction of sp³-hybridized carbons (Fsp3) is 0.375. The van der Waals surface area contributed by atoms with Gasteiger partial charge in [0, 0.05) is 0 Å². The van der Waals surface area contributed by atoms with Gasteiger partial charge in [-0.1, -0.05) is 38.0 Å². The summed E-state index contributed by atoms with van der Waals surface area (Å²) in [6.07, 6.45) is 7.18. The second-order valence-electron chi connectivity index (χ2n) is 4.52. The smallest absolute Gasteiger partial charge is 1.00 e. The average molecular weight is 374 g/mol. The van der Waals surface area contributed by atoms with Crippen molar-refractivity contribution in [1.82, 2.24) is 0 Å². The summed E-state index contributed by atoms with van der Waals surface area (Å²) in [4.78, 5) is 0. The summed E-state index contributed by atoms with van der Waals surface area (Å²) in [6, 6.07) is 18.9. The van der Waals surface area contributed by atoms with Crippen molar-refractivity contribution in [3.63, 3.8) is 0 Å². The van der Waals surface area contributed by atoms with Gasteiger partial charge < -0.3 is 24.8 Å². The Hall–Kier alpha value is 0.163. The third kappa shape index (κ3) is 8.13. The van der Waals surface area contributed by atoms with Gasteiger partial charge >= 0.3 is 26.2 Å². The topological polar surface area (TPSA) is 0 Å². The van der Waals surface area contributed by atoms with Crippen molar-refractivity contribution in [2.45, 2.75) is 38.0 Å². The van der Waals surface area contributed by atoms with E-state index in [0.717, 1.165) is 5.92 Å². The Labute approximate surface area is 148 Å². The van der Waals surface area contributed by atoms with E-state index in [4.69, 9.17) is 0 Å². The van der Waals surface area contributed by atoms with Gasteiger partial charge in [-0.3, -0.25) is 0 Å². The van der Waals surface area contributed by atoms with Crippen molar-refractivity contribution in [3.8, 4) is 0 Å². The molecule has 0 aliphatic heterocycles. The molecule has 0 spiro atoms. The average Bonchev–Trinajstić information content (AvgIpc) is 3.07. The molecule has 0 unspecified atom stereocenters. The molecule has 0 heterocycles. The van der Waals surface area contributed by atoms with Gasteiger partial charge in [0.1, 0.15) is 0 Å². The predicted molar refractivity (Wildman–Crippen MR) is 69.9 cm³/mol. The van der Waals surface area contributed by atoms with Crippen LogP contribution in [-0.4, -0.2) is 0 Å². The van der Waals surface area contributed by atoms with Crippen molar-refractivity contribution in [2.24, 2.45) is 0 Å². The molecule has 1 saturated carbocycles. The van der Waals surface area contributed by atoms with Crippen LogP contribution in [0.3, 0.4) is 0 Å². The first-order chi connectivity index (χ1) is 7.97. The van der Waals surface area contributed by atoms with Crippen molar-refractivity contribution in [3.05, 3.63) is 60.2 Å². The van der Waals surface area contributed by atoms with E-state index in [1.165, 1.54) is 32.1 Å². The standard InChI is InChI=1S/C11H15.C5H5.2ClH.Zr/c1-2-6-10(7-3-1)11-8-4-5-9-11;1-2-4-5-3-1;;;/h4-5,8-10H,1-3,6-7H2;1-5H;2*1H;/q2*-1;;;+4/p-2. The molecular formula is C16H20Cl2Zr. The Morgan fingerprint density at radius 3 is 1.74 bits per heavy atom. The van der Waals surface area contributed by atoms with Crippen LogP contribution in [-0.2, 0) is 26.2 Å². The van der Waals surface area contributed by atoms with Crippen LogP contribution < -0.4 is 24.8 Å². The number of rotatable bonds is 1. The number of hydrogen-bond donors (Lipinski definition) is 0. The molecule has 2 aromatic carbocycles.